The minimum atomic E-state index is 0.600. The average molecular weight is 738 g/mol. The van der Waals surface area contributed by atoms with Gasteiger partial charge in [-0.15, -0.1) is 11.3 Å². The first-order chi connectivity index (χ1) is 27.7. The number of oxazole rings is 1. The van der Waals surface area contributed by atoms with Crippen molar-refractivity contribution in [2.24, 2.45) is 0 Å². The Morgan fingerprint density at radius 2 is 1.00 bits per heavy atom. The summed E-state index contributed by atoms with van der Waals surface area (Å²) in [5.74, 6) is 2.27. The van der Waals surface area contributed by atoms with Crippen LogP contribution in [0.25, 0.3) is 64.3 Å². The summed E-state index contributed by atoms with van der Waals surface area (Å²) in [5, 5.41) is 7.16. The number of aromatic nitrogens is 3. The molecule has 0 saturated carbocycles. The number of hydrogen-bond acceptors (Lipinski definition) is 7. The zero-order valence-corrected chi connectivity index (χ0v) is 30.8. The lowest BCUT2D eigenvalue weighted by atomic mass is 10.00. The molecule has 0 spiro atoms. The summed E-state index contributed by atoms with van der Waals surface area (Å²) >= 11 is 1.83. The van der Waals surface area contributed by atoms with Gasteiger partial charge in [0.15, 0.2) is 5.58 Å². The third kappa shape index (κ3) is 5.52. The molecule has 0 radical (unpaired) electrons. The van der Waals surface area contributed by atoms with Crippen LogP contribution in [0, 0.1) is 0 Å². The number of hydrogen-bond donors (Lipinski definition) is 0. The molecule has 0 unspecified atom stereocenters. The van der Waals surface area contributed by atoms with Crippen LogP contribution >= 0.6 is 11.3 Å². The number of benzene rings is 7. The zero-order chi connectivity index (χ0) is 37.0. The number of thiophene rings is 1. The van der Waals surface area contributed by atoms with Crippen LogP contribution in [-0.4, -0.2) is 15.0 Å². The summed E-state index contributed by atoms with van der Waals surface area (Å²) < 4.78 is 8.85. The Morgan fingerprint density at radius 1 is 0.429 bits per heavy atom. The predicted octanol–water partition coefficient (Wildman–Crippen LogP) is 13.9. The highest BCUT2D eigenvalue weighted by Crippen LogP contribution is 2.42. The molecule has 0 aliphatic heterocycles. The number of nitrogens with zero attached hydrogens (tertiary/aromatic N) is 5. The normalized spacial score (nSPS) is 11.6. The van der Waals surface area contributed by atoms with E-state index >= 15 is 0 Å². The Bertz CT molecular complexity index is 3220. The summed E-state index contributed by atoms with van der Waals surface area (Å²) in [4.78, 5) is 18.8. The summed E-state index contributed by atoms with van der Waals surface area (Å²) in [6.07, 6.45) is 3.68. The van der Waals surface area contributed by atoms with Crippen LogP contribution in [-0.2, 0) is 0 Å². The minimum absolute atomic E-state index is 0.600. The zero-order valence-electron chi connectivity index (χ0n) is 30.0. The fourth-order valence-corrected chi connectivity index (χ4v) is 8.82. The molecular formula is C49H31N5OS. The van der Waals surface area contributed by atoms with E-state index in [1.165, 1.54) is 30.9 Å². The van der Waals surface area contributed by atoms with Crippen molar-refractivity contribution in [1.29, 1.82) is 0 Å². The van der Waals surface area contributed by atoms with E-state index in [-0.39, 0.29) is 0 Å². The van der Waals surface area contributed by atoms with E-state index in [0.717, 1.165) is 56.2 Å². The fourth-order valence-electron chi connectivity index (χ4n) is 7.73. The van der Waals surface area contributed by atoms with Gasteiger partial charge in [0, 0.05) is 61.3 Å². The van der Waals surface area contributed by atoms with Crippen molar-refractivity contribution in [3.8, 4) is 11.5 Å². The molecule has 0 amide bonds. The first-order valence-electron chi connectivity index (χ1n) is 18.5. The smallest absolute Gasteiger partial charge is 0.227 e. The highest BCUT2D eigenvalue weighted by Gasteiger charge is 2.19. The van der Waals surface area contributed by atoms with Gasteiger partial charge in [-0.25, -0.2) is 15.0 Å². The Labute approximate surface area is 326 Å². The predicted molar refractivity (Wildman–Crippen MR) is 232 cm³/mol. The Morgan fingerprint density at radius 3 is 1.68 bits per heavy atom. The van der Waals surface area contributed by atoms with E-state index < -0.39 is 0 Å². The maximum Gasteiger partial charge on any atom is 0.227 e. The van der Waals surface area contributed by atoms with Gasteiger partial charge in [0.2, 0.25) is 5.89 Å². The van der Waals surface area contributed by atoms with Gasteiger partial charge >= 0.3 is 0 Å². The molecule has 7 aromatic carbocycles. The van der Waals surface area contributed by atoms with Crippen molar-refractivity contribution in [2.45, 2.75) is 0 Å². The van der Waals surface area contributed by atoms with Crippen molar-refractivity contribution >= 4 is 98.5 Å². The van der Waals surface area contributed by atoms with Gasteiger partial charge in [-0.1, -0.05) is 72.8 Å². The van der Waals surface area contributed by atoms with Crippen LogP contribution < -0.4 is 9.80 Å². The molecule has 0 N–H and O–H groups in total. The second-order valence-corrected chi connectivity index (χ2v) is 14.8. The molecule has 4 aromatic heterocycles. The monoisotopic (exact) mass is 737 g/mol. The maximum absolute atomic E-state index is 6.28. The molecule has 264 valence electrons. The van der Waals surface area contributed by atoms with Crippen LogP contribution in [0.4, 0.5) is 34.4 Å². The summed E-state index contributed by atoms with van der Waals surface area (Å²) in [6.45, 7) is 0. The summed E-state index contributed by atoms with van der Waals surface area (Å²) in [5.41, 5.74) is 6.50. The Balaban J connectivity index is 0.998. The first-order valence-corrected chi connectivity index (χ1v) is 19.3. The quantitative estimate of drug-likeness (QED) is 0.152. The highest BCUT2D eigenvalue weighted by atomic mass is 32.1. The minimum Gasteiger partial charge on any atom is -0.436 e. The molecular weight excluding hydrogens is 707 g/mol. The highest BCUT2D eigenvalue weighted by molar-refractivity contribution is 7.25. The number of pyridine rings is 2. The molecule has 0 saturated heterocycles. The third-order valence-electron chi connectivity index (χ3n) is 10.3. The van der Waals surface area contributed by atoms with E-state index in [9.17, 15) is 0 Å². The van der Waals surface area contributed by atoms with Crippen molar-refractivity contribution in [3.63, 3.8) is 0 Å². The second kappa shape index (κ2) is 13.2. The van der Waals surface area contributed by atoms with Crippen molar-refractivity contribution in [3.05, 3.63) is 188 Å². The van der Waals surface area contributed by atoms with Crippen molar-refractivity contribution < 1.29 is 4.42 Å². The number of anilines is 6. The van der Waals surface area contributed by atoms with Gasteiger partial charge in [-0.05, 0) is 119 Å². The topological polar surface area (TPSA) is 58.3 Å². The van der Waals surface area contributed by atoms with Crippen molar-refractivity contribution in [2.75, 3.05) is 9.80 Å². The lowest BCUT2D eigenvalue weighted by Crippen LogP contribution is -2.11. The van der Waals surface area contributed by atoms with E-state index in [2.05, 4.69) is 113 Å². The van der Waals surface area contributed by atoms with Gasteiger partial charge in [-0.3, -0.25) is 9.80 Å². The van der Waals surface area contributed by atoms with Crippen LogP contribution in [0.15, 0.2) is 193 Å². The lowest BCUT2D eigenvalue weighted by molar-refractivity contribution is 0.620. The number of fused-ring (bicyclic) bond motifs is 7. The van der Waals surface area contributed by atoms with E-state index in [0.29, 0.717) is 11.5 Å². The van der Waals surface area contributed by atoms with Gasteiger partial charge < -0.3 is 4.42 Å². The molecule has 4 heterocycles. The van der Waals surface area contributed by atoms with E-state index in [4.69, 9.17) is 19.4 Å². The van der Waals surface area contributed by atoms with Crippen molar-refractivity contribution in [1.82, 2.24) is 15.0 Å². The standard InChI is InChI=1S/C49H31N5OS/c1-2-10-32(11-3-1)49-52-43-24-20-38(31-44(43)55-49)54(48-15-7-9-27-51-48)36-19-23-40-34(29-36)17-16-33-28-35(18-22-39(33)40)53(47-14-6-8-26-50-47)37-21-25-46-42(30-37)41-12-4-5-13-45(41)56-46/h1-31H. The van der Waals surface area contributed by atoms with Crippen LogP contribution in [0.3, 0.4) is 0 Å². The average Bonchev–Trinajstić information content (AvgIpc) is 3.86. The molecule has 0 bridgehead atoms. The Hall–Kier alpha value is -7.35. The second-order valence-electron chi connectivity index (χ2n) is 13.7. The van der Waals surface area contributed by atoms with Crippen LogP contribution in [0.1, 0.15) is 0 Å². The Kier molecular flexibility index (Phi) is 7.57. The van der Waals surface area contributed by atoms with E-state index in [1.807, 2.05) is 96.5 Å². The molecule has 56 heavy (non-hydrogen) atoms. The first kappa shape index (κ1) is 32.1. The fraction of sp³-hybridized carbons (Fsp3) is 0. The number of rotatable bonds is 7. The lowest BCUT2D eigenvalue weighted by Gasteiger charge is -2.25. The molecule has 0 fully saturated rings. The summed E-state index contributed by atoms with van der Waals surface area (Å²) in [7, 11) is 0. The van der Waals surface area contributed by atoms with Crippen LogP contribution in [0.5, 0.6) is 0 Å². The van der Waals surface area contributed by atoms with Crippen LogP contribution in [0.2, 0.25) is 0 Å². The molecule has 6 nitrogen and oxygen atoms in total. The third-order valence-corrected chi connectivity index (χ3v) is 11.5. The van der Waals surface area contributed by atoms with Gasteiger partial charge in [0.05, 0.1) is 5.69 Å². The van der Waals surface area contributed by atoms with Gasteiger partial charge in [0.25, 0.3) is 0 Å². The van der Waals surface area contributed by atoms with Gasteiger partial charge in [0.1, 0.15) is 17.2 Å². The van der Waals surface area contributed by atoms with Gasteiger partial charge in [-0.2, -0.15) is 0 Å². The molecule has 11 rings (SSSR count). The molecule has 0 atom stereocenters. The largest absolute Gasteiger partial charge is 0.436 e. The summed E-state index contributed by atoms with van der Waals surface area (Å²) in [6, 6.07) is 61.3. The molecule has 11 aromatic rings. The molecule has 7 heteroatoms. The molecule has 0 aliphatic carbocycles. The maximum atomic E-state index is 6.28. The molecule has 0 aliphatic rings. The SMILES string of the molecule is c1ccc(-c2nc3ccc(N(c4ccc5c(ccc6cc(N(c7ccc8sc9ccccc9c8c7)c7ccccn7)ccc65)c4)c4ccccn4)cc3o2)cc1. The van der Waals surface area contributed by atoms with E-state index in [1.54, 1.807) is 0 Å².